The van der Waals surface area contributed by atoms with Gasteiger partial charge >= 0.3 is 11.9 Å². The third-order valence-corrected chi connectivity index (χ3v) is 1.11. The predicted octanol–water partition coefficient (Wildman–Crippen LogP) is -0.357. The van der Waals surface area contributed by atoms with Gasteiger partial charge in [0.05, 0.1) is 12.7 Å². The molecule has 0 fully saturated rings. The van der Waals surface area contributed by atoms with Crippen molar-refractivity contribution in [2.75, 3.05) is 13.7 Å². The van der Waals surface area contributed by atoms with Crippen LogP contribution in [0, 0.1) is 0 Å². The molecule has 0 spiro atoms. The van der Waals surface area contributed by atoms with E-state index in [1.54, 1.807) is 0 Å². The van der Waals surface area contributed by atoms with E-state index >= 15 is 0 Å². The summed E-state index contributed by atoms with van der Waals surface area (Å²) in [7, 11) is 1.26. The Morgan fingerprint density at radius 1 is 1.80 bits per heavy atom. The molecule has 0 N–H and O–H groups in total. The quantitative estimate of drug-likeness (QED) is 0.469. The van der Waals surface area contributed by atoms with Gasteiger partial charge in [0.25, 0.3) is 0 Å². The van der Waals surface area contributed by atoms with Gasteiger partial charge in [0, 0.05) is 6.08 Å². The van der Waals surface area contributed by atoms with E-state index in [-0.39, 0.29) is 12.2 Å². The molecule has 0 aromatic carbocycles. The van der Waals surface area contributed by atoms with Gasteiger partial charge in [-0.1, -0.05) is 0 Å². The molecule has 0 aliphatic carbocycles. The highest BCUT2D eigenvalue weighted by molar-refractivity contribution is 5.99. The summed E-state index contributed by atoms with van der Waals surface area (Å²) in [4.78, 5) is 21.0. The largest absolute Gasteiger partial charge is 0.466 e. The SMILES string of the molecule is COC(=O)C1=CC(=O)OC1. The average Bonchev–Trinajstić information content (AvgIpc) is 2.34. The molecule has 0 radical (unpaired) electrons. The van der Waals surface area contributed by atoms with Crippen LogP contribution in [0.4, 0.5) is 0 Å². The summed E-state index contributed by atoms with van der Waals surface area (Å²) in [6, 6.07) is 0. The molecule has 0 saturated heterocycles. The molecular formula is C6H6O4. The van der Waals surface area contributed by atoms with Crippen LogP contribution >= 0.6 is 0 Å². The number of rotatable bonds is 1. The number of esters is 2. The van der Waals surface area contributed by atoms with Crippen LogP contribution in [0.25, 0.3) is 0 Å². The summed E-state index contributed by atoms with van der Waals surface area (Å²) in [6.07, 6.45) is 1.13. The van der Waals surface area contributed by atoms with Crippen molar-refractivity contribution in [2.24, 2.45) is 0 Å². The van der Waals surface area contributed by atoms with Crippen molar-refractivity contribution in [3.63, 3.8) is 0 Å². The lowest BCUT2D eigenvalue weighted by atomic mass is 10.3. The molecule has 0 amide bonds. The third-order valence-electron chi connectivity index (χ3n) is 1.11. The van der Waals surface area contributed by atoms with Crippen molar-refractivity contribution in [1.29, 1.82) is 0 Å². The van der Waals surface area contributed by atoms with Crippen molar-refractivity contribution in [3.05, 3.63) is 11.6 Å². The third kappa shape index (κ3) is 1.15. The molecule has 10 heavy (non-hydrogen) atoms. The second kappa shape index (κ2) is 2.51. The fraction of sp³-hybridized carbons (Fsp3) is 0.333. The summed E-state index contributed by atoms with van der Waals surface area (Å²) in [5, 5.41) is 0. The van der Waals surface area contributed by atoms with E-state index in [4.69, 9.17) is 0 Å². The lowest BCUT2D eigenvalue weighted by Crippen LogP contribution is -2.05. The first-order valence-electron chi connectivity index (χ1n) is 2.69. The zero-order valence-electron chi connectivity index (χ0n) is 5.42. The molecule has 4 nitrogen and oxygen atoms in total. The smallest absolute Gasteiger partial charge is 0.337 e. The van der Waals surface area contributed by atoms with Crippen LogP contribution < -0.4 is 0 Å². The van der Waals surface area contributed by atoms with Gasteiger partial charge in [0.2, 0.25) is 0 Å². The summed E-state index contributed by atoms with van der Waals surface area (Å²) in [5.74, 6) is -0.994. The lowest BCUT2D eigenvalue weighted by Gasteiger charge is -1.94. The van der Waals surface area contributed by atoms with Gasteiger partial charge in [0.15, 0.2) is 0 Å². The second-order valence-electron chi connectivity index (χ2n) is 1.77. The topological polar surface area (TPSA) is 52.6 Å². The maximum absolute atomic E-state index is 10.6. The number of carbonyl (C=O) groups is 2. The Labute approximate surface area is 57.4 Å². The highest BCUT2D eigenvalue weighted by Gasteiger charge is 2.19. The Bertz CT molecular complexity index is 204. The minimum Gasteiger partial charge on any atom is -0.466 e. The van der Waals surface area contributed by atoms with Gasteiger partial charge in [-0.05, 0) is 0 Å². The molecule has 0 aromatic rings. The Kier molecular flexibility index (Phi) is 1.71. The molecule has 0 atom stereocenters. The van der Waals surface area contributed by atoms with Gasteiger partial charge in [-0.2, -0.15) is 0 Å². The van der Waals surface area contributed by atoms with Crippen molar-refractivity contribution < 1.29 is 19.1 Å². The molecule has 1 aliphatic heterocycles. The maximum atomic E-state index is 10.6. The molecule has 0 saturated carbocycles. The van der Waals surface area contributed by atoms with E-state index in [0.717, 1.165) is 6.08 Å². The monoisotopic (exact) mass is 142 g/mol. The van der Waals surface area contributed by atoms with Crippen LogP contribution in [0.15, 0.2) is 11.6 Å². The summed E-state index contributed by atoms with van der Waals surface area (Å²) >= 11 is 0. The zero-order valence-corrected chi connectivity index (χ0v) is 5.42. The van der Waals surface area contributed by atoms with Crippen molar-refractivity contribution in [3.8, 4) is 0 Å². The summed E-state index contributed by atoms with van der Waals surface area (Å²) in [5.41, 5.74) is 0.271. The highest BCUT2D eigenvalue weighted by Crippen LogP contribution is 2.06. The minimum atomic E-state index is -0.508. The lowest BCUT2D eigenvalue weighted by molar-refractivity contribution is -0.137. The van der Waals surface area contributed by atoms with Gasteiger partial charge in [-0.25, -0.2) is 9.59 Å². The summed E-state index contributed by atoms with van der Waals surface area (Å²) < 4.78 is 8.80. The number of hydrogen-bond donors (Lipinski definition) is 0. The van der Waals surface area contributed by atoms with Gasteiger partial charge in [0.1, 0.15) is 6.61 Å². The fourth-order valence-corrected chi connectivity index (χ4v) is 0.623. The zero-order chi connectivity index (χ0) is 7.56. The Morgan fingerprint density at radius 3 is 2.90 bits per heavy atom. The molecule has 1 heterocycles. The fourth-order valence-electron chi connectivity index (χ4n) is 0.623. The van der Waals surface area contributed by atoms with Gasteiger partial charge < -0.3 is 9.47 Å². The first kappa shape index (κ1) is 6.80. The predicted molar refractivity (Wildman–Crippen MR) is 31.1 cm³/mol. The number of methoxy groups -OCH3 is 1. The van der Waals surface area contributed by atoms with E-state index in [1.165, 1.54) is 7.11 Å². The molecule has 0 bridgehead atoms. The normalized spacial score (nSPS) is 16.1. The second-order valence-corrected chi connectivity index (χ2v) is 1.77. The van der Waals surface area contributed by atoms with E-state index < -0.39 is 11.9 Å². The molecule has 54 valence electrons. The molecule has 1 rings (SSSR count). The van der Waals surface area contributed by atoms with Gasteiger partial charge in [-0.3, -0.25) is 0 Å². The molecule has 0 aromatic heterocycles. The molecule has 0 unspecified atom stereocenters. The number of hydrogen-bond acceptors (Lipinski definition) is 4. The molecular weight excluding hydrogens is 136 g/mol. The van der Waals surface area contributed by atoms with Crippen molar-refractivity contribution >= 4 is 11.9 Å². The average molecular weight is 142 g/mol. The Balaban J connectivity index is 2.66. The van der Waals surface area contributed by atoms with Crippen LogP contribution in [-0.4, -0.2) is 25.7 Å². The molecule has 4 heteroatoms. The Hall–Kier alpha value is -1.32. The van der Waals surface area contributed by atoms with Crippen LogP contribution in [-0.2, 0) is 19.1 Å². The van der Waals surface area contributed by atoms with Crippen LogP contribution in [0.2, 0.25) is 0 Å². The first-order chi connectivity index (χ1) is 4.74. The number of cyclic esters (lactones) is 1. The molecule has 1 aliphatic rings. The van der Waals surface area contributed by atoms with Gasteiger partial charge in [-0.15, -0.1) is 0 Å². The van der Waals surface area contributed by atoms with Crippen molar-refractivity contribution in [2.45, 2.75) is 0 Å². The van der Waals surface area contributed by atoms with Crippen LogP contribution in [0.3, 0.4) is 0 Å². The maximum Gasteiger partial charge on any atom is 0.337 e. The first-order valence-corrected chi connectivity index (χ1v) is 2.69. The Morgan fingerprint density at radius 2 is 2.50 bits per heavy atom. The number of carbonyl (C=O) groups excluding carboxylic acids is 2. The van der Waals surface area contributed by atoms with Crippen LogP contribution in [0.1, 0.15) is 0 Å². The van der Waals surface area contributed by atoms with E-state index in [9.17, 15) is 9.59 Å². The minimum absolute atomic E-state index is 0.0332. The standard InChI is InChI=1S/C6H6O4/c1-9-6(8)4-2-5(7)10-3-4/h2H,3H2,1H3. The van der Waals surface area contributed by atoms with E-state index in [1.807, 2.05) is 0 Å². The summed E-state index contributed by atoms with van der Waals surface area (Å²) in [6.45, 7) is 0.0332. The highest BCUT2D eigenvalue weighted by atomic mass is 16.5. The van der Waals surface area contributed by atoms with E-state index in [0.29, 0.717) is 0 Å². The van der Waals surface area contributed by atoms with E-state index in [2.05, 4.69) is 9.47 Å². The van der Waals surface area contributed by atoms with Crippen LogP contribution in [0.5, 0.6) is 0 Å². The van der Waals surface area contributed by atoms with Crippen molar-refractivity contribution in [1.82, 2.24) is 0 Å². The number of ether oxygens (including phenoxy) is 2.